The fourth-order valence-electron chi connectivity index (χ4n) is 2.56. The van der Waals surface area contributed by atoms with Crippen molar-refractivity contribution < 1.29 is 29.6 Å². The number of carbonyl (C=O) groups excluding carboxylic acids is 2. The number of nitro groups is 2. The number of ketones is 2. The maximum Gasteiger partial charge on any atom is 0.311 e. The molecule has 0 fully saturated rings. The summed E-state index contributed by atoms with van der Waals surface area (Å²) >= 11 is 0. The Balaban J connectivity index is 2.34. The first-order valence-corrected chi connectivity index (χ1v) is 6.35. The second-order valence-electron chi connectivity index (χ2n) is 4.88. The molecule has 2 aromatic carbocycles. The van der Waals surface area contributed by atoms with Crippen LogP contribution in [0.3, 0.4) is 0 Å². The van der Waals surface area contributed by atoms with Gasteiger partial charge in [-0.1, -0.05) is 0 Å². The molecule has 0 saturated heterocycles. The molecule has 0 bridgehead atoms. The van der Waals surface area contributed by atoms with E-state index in [-0.39, 0.29) is 11.1 Å². The zero-order valence-electron chi connectivity index (χ0n) is 11.5. The van der Waals surface area contributed by atoms with Crippen molar-refractivity contribution in [1.29, 1.82) is 0 Å². The quantitative estimate of drug-likeness (QED) is 0.530. The number of phenolic OH excluding ortho intramolecular Hbond substituents is 2. The van der Waals surface area contributed by atoms with E-state index in [4.69, 9.17) is 0 Å². The minimum Gasteiger partial charge on any atom is -0.502 e. The summed E-state index contributed by atoms with van der Waals surface area (Å²) in [6.07, 6.45) is 0. The molecule has 0 saturated carbocycles. The minimum absolute atomic E-state index is 0.383. The second kappa shape index (κ2) is 4.84. The number of rotatable bonds is 2. The van der Waals surface area contributed by atoms with Crippen molar-refractivity contribution in [1.82, 2.24) is 0 Å². The molecule has 1 aliphatic rings. The number of carbonyl (C=O) groups is 2. The molecule has 0 spiro atoms. The number of nitro benzene ring substituents is 2. The lowest BCUT2D eigenvalue weighted by molar-refractivity contribution is -0.386. The van der Waals surface area contributed by atoms with Gasteiger partial charge in [-0.3, -0.25) is 29.8 Å². The fourth-order valence-corrected chi connectivity index (χ4v) is 2.56. The van der Waals surface area contributed by atoms with Crippen LogP contribution in [0.25, 0.3) is 0 Å². The van der Waals surface area contributed by atoms with Crippen LogP contribution in [0.5, 0.6) is 11.5 Å². The molecular formula is C14H6N2O8. The number of aromatic hydroxyl groups is 2. The summed E-state index contributed by atoms with van der Waals surface area (Å²) in [6, 6.07) is 3.57. The summed E-state index contributed by atoms with van der Waals surface area (Å²) in [5, 5.41) is 41.6. The lowest BCUT2D eigenvalue weighted by Gasteiger charge is -2.18. The van der Waals surface area contributed by atoms with E-state index in [0.29, 0.717) is 0 Å². The van der Waals surface area contributed by atoms with Gasteiger partial charge in [-0.05, 0) is 12.1 Å². The van der Waals surface area contributed by atoms with Crippen molar-refractivity contribution >= 4 is 22.9 Å². The summed E-state index contributed by atoms with van der Waals surface area (Å²) < 4.78 is 0. The summed E-state index contributed by atoms with van der Waals surface area (Å²) in [4.78, 5) is 44.8. The average Bonchev–Trinajstić information content (AvgIpc) is 2.51. The molecule has 0 atom stereocenters. The molecule has 3 rings (SSSR count). The molecule has 0 aromatic heterocycles. The highest BCUT2D eigenvalue weighted by Gasteiger charge is 2.39. The third-order valence-electron chi connectivity index (χ3n) is 3.65. The van der Waals surface area contributed by atoms with Crippen LogP contribution < -0.4 is 0 Å². The lowest BCUT2D eigenvalue weighted by atomic mass is 9.82. The van der Waals surface area contributed by atoms with Gasteiger partial charge in [-0.25, -0.2) is 0 Å². The van der Waals surface area contributed by atoms with E-state index in [1.807, 2.05) is 0 Å². The Morgan fingerprint density at radius 3 is 1.33 bits per heavy atom. The van der Waals surface area contributed by atoms with Gasteiger partial charge in [0.05, 0.1) is 21.0 Å². The second-order valence-corrected chi connectivity index (χ2v) is 4.88. The first-order valence-electron chi connectivity index (χ1n) is 6.35. The monoisotopic (exact) mass is 330 g/mol. The van der Waals surface area contributed by atoms with Crippen LogP contribution in [-0.4, -0.2) is 31.6 Å². The van der Waals surface area contributed by atoms with Crippen LogP contribution in [0.15, 0.2) is 24.3 Å². The standard InChI is InChI=1S/C14H6N2O8/c17-11-5-1-3-7(15(21)22)13(19)9(5)12(18)6-2-4-8(16(23)24)14(20)10(6)11/h1-4,19-20H. The van der Waals surface area contributed by atoms with Gasteiger partial charge >= 0.3 is 11.4 Å². The molecular weight excluding hydrogens is 324 g/mol. The smallest absolute Gasteiger partial charge is 0.311 e. The Hall–Kier alpha value is -3.82. The van der Waals surface area contributed by atoms with Crippen LogP contribution in [0, 0.1) is 20.2 Å². The van der Waals surface area contributed by atoms with Crippen LogP contribution in [-0.2, 0) is 0 Å². The molecule has 10 heteroatoms. The molecule has 0 heterocycles. The lowest BCUT2D eigenvalue weighted by Crippen LogP contribution is -2.21. The Morgan fingerprint density at radius 1 is 0.708 bits per heavy atom. The van der Waals surface area contributed by atoms with E-state index in [9.17, 15) is 40.0 Å². The highest BCUT2D eigenvalue weighted by molar-refractivity contribution is 6.30. The van der Waals surface area contributed by atoms with E-state index in [0.717, 1.165) is 24.3 Å². The highest BCUT2D eigenvalue weighted by Crippen LogP contribution is 2.42. The molecule has 1 aliphatic carbocycles. The molecule has 10 nitrogen and oxygen atoms in total. The third-order valence-corrected chi connectivity index (χ3v) is 3.65. The van der Waals surface area contributed by atoms with Crippen molar-refractivity contribution in [3.8, 4) is 11.5 Å². The fraction of sp³-hybridized carbons (Fsp3) is 0. The molecule has 0 radical (unpaired) electrons. The van der Waals surface area contributed by atoms with Gasteiger partial charge in [-0.15, -0.1) is 0 Å². The molecule has 0 unspecified atom stereocenters. The average molecular weight is 330 g/mol. The summed E-state index contributed by atoms with van der Waals surface area (Å²) in [6.45, 7) is 0. The molecule has 2 aromatic rings. The maximum absolute atomic E-state index is 12.5. The highest BCUT2D eigenvalue weighted by atomic mass is 16.6. The van der Waals surface area contributed by atoms with E-state index in [1.54, 1.807) is 0 Å². The van der Waals surface area contributed by atoms with Crippen LogP contribution in [0.2, 0.25) is 0 Å². The Bertz CT molecular complexity index is 900. The molecule has 2 N–H and O–H groups in total. The van der Waals surface area contributed by atoms with Crippen LogP contribution >= 0.6 is 0 Å². The predicted molar refractivity (Wildman–Crippen MR) is 76.4 cm³/mol. The van der Waals surface area contributed by atoms with Crippen molar-refractivity contribution in [3.63, 3.8) is 0 Å². The van der Waals surface area contributed by atoms with Gasteiger partial charge in [0.15, 0.2) is 11.6 Å². The van der Waals surface area contributed by atoms with Gasteiger partial charge in [0.1, 0.15) is 0 Å². The molecule has 120 valence electrons. The number of nitrogens with zero attached hydrogens (tertiary/aromatic N) is 2. The Kier molecular flexibility index (Phi) is 3.04. The maximum atomic E-state index is 12.5. The number of benzene rings is 2. The van der Waals surface area contributed by atoms with Gasteiger partial charge in [0.2, 0.25) is 11.5 Å². The summed E-state index contributed by atoms with van der Waals surface area (Å²) in [7, 11) is 0. The SMILES string of the molecule is O=C1c2ccc([N+](=O)[O-])c(O)c2C(=O)c2ccc([N+](=O)[O-])c(O)c21. The molecule has 0 aliphatic heterocycles. The van der Waals surface area contributed by atoms with E-state index < -0.39 is 55.4 Å². The minimum atomic E-state index is -0.973. The zero-order valence-corrected chi connectivity index (χ0v) is 11.5. The van der Waals surface area contributed by atoms with Gasteiger partial charge in [0, 0.05) is 23.3 Å². The Morgan fingerprint density at radius 2 is 1.04 bits per heavy atom. The number of phenols is 2. The predicted octanol–water partition coefficient (Wildman–Crippen LogP) is 1.69. The third kappa shape index (κ3) is 1.83. The van der Waals surface area contributed by atoms with Gasteiger partial charge < -0.3 is 10.2 Å². The number of hydrogen-bond acceptors (Lipinski definition) is 8. The van der Waals surface area contributed by atoms with Gasteiger partial charge in [0.25, 0.3) is 0 Å². The largest absolute Gasteiger partial charge is 0.502 e. The van der Waals surface area contributed by atoms with E-state index >= 15 is 0 Å². The first-order chi connectivity index (χ1) is 11.3. The number of fused-ring (bicyclic) bond motifs is 2. The van der Waals surface area contributed by atoms with Crippen molar-refractivity contribution in [2.75, 3.05) is 0 Å². The zero-order chi connectivity index (χ0) is 17.8. The van der Waals surface area contributed by atoms with Crippen molar-refractivity contribution in [3.05, 3.63) is 66.7 Å². The first kappa shape index (κ1) is 15.1. The van der Waals surface area contributed by atoms with E-state index in [1.165, 1.54) is 0 Å². The van der Waals surface area contributed by atoms with E-state index in [2.05, 4.69) is 0 Å². The molecule has 24 heavy (non-hydrogen) atoms. The van der Waals surface area contributed by atoms with Crippen molar-refractivity contribution in [2.24, 2.45) is 0 Å². The Labute approximate surface area is 131 Å². The summed E-state index contributed by atoms with van der Waals surface area (Å²) in [5.74, 6) is -3.85. The van der Waals surface area contributed by atoms with Crippen molar-refractivity contribution in [2.45, 2.75) is 0 Å². The normalized spacial score (nSPS) is 12.5. The summed E-state index contributed by atoms with van der Waals surface area (Å²) in [5.41, 5.74) is -3.43. The van der Waals surface area contributed by atoms with Crippen LogP contribution in [0.1, 0.15) is 31.8 Å². The molecule has 0 amide bonds. The van der Waals surface area contributed by atoms with Gasteiger partial charge in [-0.2, -0.15) is 0 Å². The number of hydrogen-bond donors (Lipinski definition) is 2. The topological polar surface area (TPSA) is 161 Å². The van der Waals surface area contributed by atoms with Crippen LogP contribution in [0.4, 0.5) is 11.4 Å².